The number of rotatable bonds is 13. The molecule has 0 saturated carbocycles. The summed E-state index contributed by atoms with van der Waals surface area (Å²) < 4.78 is 7.65. The van der Waals surface area contributed by atoms with Crippen molar-refractivity contribution in [3.63, 3.8) is 0 Å². The van der Waals surface area contributed by atoms with Gasteiger partial charge in [-0.05, 0) is 62.4 Å². The number of unbranched alkanes of at least 4 members (excludes halogenated alkanes) is 2. The Morgan fingerprint density at radius 1 is 1.00 bits per heavy atom. The number of carbonyl (C=O) groups is 1. The first-order valence-corrected chi connectivity index (χ1v) is 13.0. The minimum Gasteiger partial charge on any atom is -0.461 e. The Morgan fingerprint density at radius 2 is 1.76 bits per heavy atom. The minimum atomic E-state index is -0.285. The Bertz CT molecular complexity index is 1070. The summed E-state index contributed by atoms with van der Waals surface area (Å²) in [5.41, 5.74) is 2.84. The normalized spacial score (nSPS) is 11.8. The van der Waals surface area contributed by atoms with Gasteiger partial charge in [-0.25, -0.2) is 4.79 Å². The van der Waals surface area contributed by atoms with Crippen LogP contribution in [0.3, 0.4) is 0 Å². The average molecular weight is 483 g/mol. The summed E-state index contributed by atoms with van der Waals surface area (Å²) in [6, 6.07) is 16.0. The van der Waals surface area contributed by atoms with Gasteiger partial charge in [0.15, 0.2) is 0 Å². The van der Waals surface area contributed by atoms with Gasteiger partial charge in [-0.15, -0.1) is 0 Å². The first kappa shape index (κ1) is 26.3. The fourth-order valence-electron chi connectivity index (χ4n) is 4.46. The highest BCUT2D eigenvalue weighted by Gasteiger charge is 2.26. The van der Waals surface area contributed by atoms with Crippen molar-refractivity contribution in [3.05, 3.63) is 59.2 Å². The molecule has 0 saturated heterocycles. The SMILES string of the molecule is CCCCCNCCC(C)(C)CCn1c(C(=O)OCC)c2ccc(Cl)cc2c1-c1ccccc1. The quantitative estimate of drug-likeness (QED) is 0.200. The van der Waals surface area contributed by atoms with E-state index >= 15 is 0 Å². The second-order valence-corrected chi connectivity index (χ2v) is 10.2. The summed E-state index contributed by atoms with van der Waals surface area (Å²) in [6.07, 6.45) is 5.79. The summed E-state index contributed by atoms with van der Waals surface area (Å²) in [7, 11) is 0. The third kappa shape index (κ3) is 6.64. The summed E-state index contributed by atoms with van der Waals surface area (Å²) in [4.78, 5) is 13.1. The fraction of sp³-hybridized carbons (Fsp3) is 0.483. The number of fused-ring (bicyclic) bond motifs is 1. The monoisotopic (exact) mass is 482 g/mol. The van der Waals surface area contributed by atoms with Crippen molar-refractivity contribution < 1.29 is 9.53 Å². The maximum absolute atomic E-state index is 13.1. The van der Waals surface area contributed by atoms with Gasteiger partial charge in [0.2, 0.25) is 0 Å². The van der Waals surface area contributed by atoms with E-state index in [1.807, 2.05) is 43.3 Å². The molecule has 0 spiro atoms. The van der Waals surface area contributed by atoms with Crippen molar-refractivity contribution in [1.82, 2.24) is 9.88 Å². The summed E-state index contributed by atoms with van der Waals surface area (Å²) >= 11 is 6.40. The van der Waals surface area contributed by atoms with Gasteiger partial charge in [0, 0.05) is 22.3 Å². The van der Waals surface area contributed by atoms with Crippen LogP contribution in [-0.2, 0) is 11.3 Å². The van der Waals surface area contributed by atoms with E-state index in [4.69, 9.17) is 16.3 Å². The van der Waals surface area contributed by atoms with Crippen LogP contribution in [0.5, 0.6) is 0 Å². The summed E-state index contributed by atoms with van der Waals surface area (Å²) in [5.74, 6) is -0.285. The molecule has 4 nitrogen and oxygen atoms in total. The zero-order chi connectivity index (χ0) is 24.6. The number of hydrogen-bond acceptors (Lipinski definition) is 3. The van der Waals surface area contributed by atoms with E-state index in [1.54, 1.807) is 0 Å². The predicted molar refractivity (Wildman–Crippen MR) is 144 cm³/mol. The number of ether oxygens (including phenoxy) is 1. The molecule has 0 bridgehead atoms. The lowest BCUT2D eigenvalue weighted by atomic mass is 9.85. The second kappa shape index (κ2) is 12.4. The standard InChI is InChI=1S/C29H39ClN2O2/c1-5-7-11-18-31-19-16-29(3,4)17-20-32-26(22-12-9-8-10-13-22)25-21-23(30)14-15-24(25)27(32)28(33)34-6-2/h8-10,12-15,21,31H,5-7,11,16-20H2,1-4H3. The van der Waals surface area contributed by atoms with Crippen LogP contribution >= 0.6 is 11.6 Å². The molecule has 1 N–H and O–H groups in total. The van der Waals surface area contributed by atoms with Crippen LogP contribution < -0.4 is 5.32 Å². The Morgan fingerprint density at radius 3 is 2.47 bits per heavy atom. The largest absolute Gasteiger partial charge is 0.461 e. The van der Waals surface area contributed by atoms with Crippen LogP contribution in [0.15, 0.2) is 48.5 Å². The van der Waals surface area contributed by atoms with Crippen LogP contribution in [0.2, 0.25) is 5.02 Å². The molecule has 2 aromatic carbocycles. The Hall–Kier alpha value is -2.30. The first-order chi connectivity index (χ1) is 16.4. The van der Waals surface area contributed by atoms with Crippen LogP contribution in [0, 0.1) is 5.41 Å². The third-order valence-corrected chi connectivity index (χ3v) is 6.73. The number of benzene rings is 2. The maximum Gasteiger partial charge on any atom is 0.355 e. The Balaban J connectivity index is 1.93. The van der Waals surface area contributed by atoms with Crippen LogP contribution in [0.1, 0.15) is 70.3 Å². The smallest absolute Gasteiger partial charge is 0.355 e. The highest BCUT2D eigenvalue weighted by molar-refractivity contribution is 6.31. The molecule has 1 aromatic heterocycles. The molecule has 0 aliphatic heterocycles. The Kier molecular flexibility index (Phi) is 9.61. The van der Waals surface area contributed by atoms with Crippen molar-refractivity contribution in [2.75, 3.05) is 19.7 Å². The van der Waals surface area contributed by atoms with E-state index in [1.165, 1.54) is 19.3 Å². The molecule has 0 aliphatic rings. The highest BCUT2D eigenvalue weighted by Crippen LogP contribution is 2.37. The van der Waals surface area contributed by atoms with Gasteiger partial charge in [0.1, 0.15) is 5.69 Å². The molecule has 184 valence electrons. The lowest BCUT2D eigenvalue weighted by Gasteiger charge is -2.26. The highest BCUT2D eigenvalue weighted by atomic mass is 35.5. The molecule has 1 heterocycles. The van der Waals surface area contributed by atoms with Gasteiger partial charge < -0.3 is 14.6 Å². The van der Waals surface area contributed by atoms with E-state index in [2.05, 4.69) is 42.8 Å². The number of esters is 1. The molecule has 5 heteroatoms. The van der Waals surface area contributed by atoms with E-state index in [9.17, 15) is 4.79 Å². The summed E-state index contributed by atoms with van der Waals surface area (Å²) in [5, 5.41) is 6.12. The van der Waals surface area contributed by atoms with Gasteiger partial charge in [-0.1, -0.05) is 81.6 Å². The number of carbonyl (C=O) groups excluding carboxylic acids is 1. The van der Waals surface area contributed by atoms with Gasteiger partial charge >= 0.3 is 5.97 Å². The van der Waals surface area contributed by atoms with Gasteiger partial charge in [0.25, 0.3) is 0 Å². The third-order valence-electron chi connectivity index (χ3n) is 6.50. The van der Waals surface area contributed by atoms with Gasteiger partial charge in [0.05, 0.1) is 12.3 Å². The average Bonchev–Trinajstić information content (AvgIpc) is 3.14. The zero-order valence-electron chi connectivity index (χ0n) is 21.1. The second-order valence-electron chi connectivity index (χ2n) is 9.75. The number of aromatic nitrogens is 1. The molecule has 0 fully saturated rings. The molecular weight excluding hydrogens is 444 g/mol. The van der Waals surface area contributed by atoms with E-state index < -0.39 is 0 Å². The molecule has 0 aliphatic carbocycles. The van der Waals surface area contributed by atoms with E-state index in [-0.39, 0.29) is 11.4 Å². The molecule has 0 amide bonds. The van der Waals surface area contributed by atoms with Crippen molar-refractivity contribution in [2.45, 2.75) is 66.3 Å². The molecule has 3 rings (SSSR count). The molecular formula is C29H39ClN2O2. The van der Waals surface area contributed by atoms with E-state index in [0.717, 1.165) is 54.5 Å². The van der Waals surface area contributed by atoms with E-state index in [0.29, 0.717) is 17.3 Å². The topological polar surface area (TPSA) is 43.3 Å². The van der Waals surface area contributed by atoms with Gasteiger partial charge in [-0.3, -0.25) is 0 Å². The number of halogens is 1. The van der Waals surface area contributed by atoms with Crippen LogP contribution in [0.25, 0.3) is 22.0 Å². The molecule has 0 radical (unpaired) electrons. The van der Waals surface area contributed by atoms with Crippen LogP contribution in [0.4, 0.5) is 0 Å². The van der Waals surface area contributed by atoms with Crippen molar-refractivity contribution in [2.24, 2.45) is 5.41 Å². The van der Waals surface area contributed by atoms with Crippen molar-refractivity contribution in [1.29, 1.82) is 0 Å². The zero-order valence-corrected chi connectivity index (χ0v) is 21.9. The lowest BCUT2D eigenvalue weighted by Crippen LogP contribution is -2.25. The fourth-order valence-corrected chi connectivity index (χ4v) is 4.64. The molecule has 34 heavy (non-hydrogen) atoms. The molecule has 3 aromatic rings. The van der Waals surface area contributed by atoms with Crippen molar-refractivity contribution in [3.8, 4) is 11.3 Å². The van der Waals surface area contributed by atoms with Crippen LogP contribution in [-0.4, -0.2) is 30.2 Å². The number of nitrogens with zero attached hydrogens (tertiary/aromatic N) is 1. The first-order valence-electron chi connectivity index (χ1n) is 12.6. The summed E-state index contributed by atoms with van der Waals surface area (Å²) in [6.45, 7) is 11.9. The minimum absolute atomic E-state index is 0.131. The molecule has 0 unspecified atom stereocenters. The number of hydrogen-bond donors (Lipinski definition) is 1. The maximum atomic E-state index is 13.1. The number of nitrogens with one attached hydrogen (secondary N) is 1. The predicted octanol–water partition coefficient (Wildman–Crippen LogP) is 7.72. The Labute approximate surface area is 209 Å². The van der Waals surface area contributed by atoms with Gasteiger partial charge in [-0.2, -0.15) is 0 Å². The lowest BCUT2D eigenvalue weighted by molar-refractivity contribution is 0.0515. The van der Waals surface area contributed by atoms with Crippen molar-refractivity contribution >= 4 is 28.3 Å². The molecule has 0 atom stereocenters.